The van der Waals surface area contributed by atoms with Gasteiger partial charge in [0.25, 0.3) is 6.43 Å². The molecule has 18 heavy (non-hydrogen) atoms. The molecule has 0 unspecified atom stereocenters. The topological polar surface area (TPSA) is 28.7 Å². The van der Waals surface area contributed by atoms with Crippen molar-refractivity contribution < 1.29 is 8.78 Å². The summed E-state index contributed by atoms with van der Waals surface area (Å²) in [5.74, 6) is 0. The van der Waals surface area contributed by atoms with Crippen molar-refractivity contribution in [1.29, 1.82) is 0 Å². The first-order valence-corrected chi connectivity index (χ1v) is 5.57. The molecular formula is C14H10F2N2. The number of rotatable bonds is 2. The van der Waals surface area contributed by atoms with Crippen molar-refractivity contribution in [3.05, 3.63) is 54.4 Å². The third kappa shape index (κ3) is 1.66. The maximum atomic E-state index is 13.1. The number of halogens is 2. The Morgan fingerprint density at radius 1 is 1.00 bits per heavy atom. The van der Waals surface area contributed by atoms with Gasteiger partial charge in [0.1, 0.15) is 5.65 Å². The molecule has 0 bridgehead atoms. The lowest BCUT2D eigenvalue weighted by molar-refractivity contribution is 0.147. The number of aromatic nitrogens is 2. The number of hydrogen-bond donors (Lipinski definition) is 1. The summed E-state index contributed by atoms with van der Waals surface area (Å²) in [5, 5.41) is 0.721. The molecule has 0 amide bonds. The van der Waals surface area contributed by atoms with Crippen LogP contribution in [0, 0.1) is 0 Å². The standard InChI is InChI=1S/C14H10F2N2/c15-13(16)12-11(9-5-2-1-3-6-9)10-7-4-8-17-14(10)18-12/h1-8,13H,(H,17,18). The molecule has 3 rings (SSSR count). The molecule has 0 fully saturated rings. The van der Waals surface area contributed by atoms with Gasteiger partial charge in [0.05, 0.1) is 5.69 Å². The van der Waals surface area contributed by atoms with Crippen molar-refractivity contribution in [2.75, 3.05) is 0 Å². The minimum Gasteiger partial charge on any atom is -0.338 e. The monoisotopic (exact) mass is 244 g/mol. The molecule has 0 spiro atoms. The highest BCUT2D eigenvalue weighted by atomic mass is 19.3. The molecule has 0 aliphatic heterocycles. The fraction of sp³-hybridized carbons (Fsp3) is 0.0714. The number of aromatic amines is 1. The van der Waals surface area contributed by atoms with E-state index in [9.17, 15) is 8.78 Å². The van der Waals surface area contributed by atoms with Crippen LogP contribution >= 0.6 is 0 Å². The quantitative estimate of drug-likeness (QED) is 0.720. The number of fused-ring (bicyclic) bond motifs is 1. The molecule has 0 saturated heterocycles. The zero-order chi connectivity index (χ0) is 12.5. The Morgan fingerprint density at radius 3 is 2.50 bits per heavy atom. The third-order valence-electron chi connectivity index (χ3n) is 2.88. The van der Waals surface area contributed by atoms with Crippen molar-refractivity contribution in [2.24, 2.45) is 0 Å². The smallest absolute Gasteiger partial charge is 0.278 e. The molecule has 0 saturated carbocycles. The predicted molar refractivity (Wildman–Crippen MR) is 66.5 cm³/mol. The summed E-state index contributed by atoms with van der Waals surface area (Å²) < 4.78 is 26.2. The Kier molecular flexibility index (Phi) is 2.55. The van der Waals surface area contributed by atoms with Crippen molar-refractivity contribution in [2.45, 2.75) is 6.43 Å². The van der Waals surface area contributed by atoms with E-state index in [-0.39, 0.29) is 5.69 Å². The maximum absolute atomic E-state index is 13.1. The van der Waals surface area contributed by atoms with E-state index in [1.54, 1.807) is 18.3 Å². The van der Waals surface area contributed by atoms with Crippen LogP contribution in [0.4, 0.5) is 8.78 Å². The molecule has 0 aliphatic carbocycles. The van der Waals surface area contributed by atoms with E-state index in [1.807, 2.05) is 30.3 Å². The lowest BCUT2D eigenvalue weighted by atomic mass is 10.0. The van der Waals surface area contributed by atoms with Gasteiger partial charge in [-0.15, -0.1) is 0 Å². The van der Waals surface area contributed by atoms with Gasteiger partial charge in [0, 0.05) is 17.1 Å². The molecular weight excluding hydrogens is 234 g/mol. The van der Waals surface area contributed by atoms with Crippen LogP contribution in [0.15, 0.2) is 48.7 Å². The first-order valence-electron chi connectivity index (χ1n) is 5.57. The highest BCUT2D eigenvalue weighted by molar-refractivity contribution is 5.95. The molecule has 1 N–H and O–H groups in total. The number of benzene rings is 1. The maximum Gasteiger partial charge on any atom is 0.278 e. The van der Waals surface area contributed by atoms with E-state index < -0.39 is 6.43 Å². The normalized spacial score (nSPS) is 11.3. The van der Waals surface area contributed by atoms with Gasteiger partial charge in [-0.05, 0) is 17.7 Å². The van der Waals surface area contributed by atoms with E-state index in [0.717, 1.165) is 10.9 Å². The molecule has 2 heterocycles. The van der Waals surface area contributed by atoms with Gasteiger partial charge in [0.15, 0.2) is 0 Å². The minimum atomic E-state index is -2.55. The van der Waals surface area contributed by atoms with Gasteiger partial charge in [-0.1, -0.05) is 30.3 Å². The van der Waals surface area contributed by atoms with Crippen molar-refractivity contribution in [3.63, 3.8) is 0 Å². The van der Waals surface area contributed by atoms with Crippen LogP contribution in [0.25, 0.3) is 22.2 Å². The highest BCUT2D eigenvalue weighted by Gasteiger charge is 2.20. The zero-order valence-electron chi connectivity index (χ0n) is 9.40. The number of pyridine rings is 1. The Morgan fingerprint density at radius 2 is 1.78 bits per heavy atom. The first kappa shape index (κ1) is 10.9. The molecule has 1 aromatic carbocycles. The van der Waals surface area contributed by atoms with E-state index in [4.69, 9.17) is 0 Å². The van der Waals surface area contributed by atoms with Gasteiger partial charge in [-0.3, -0.25) is 0 Å². The largest absolute Gasteiger partial charge is 0.338 e. The fourth-order valence-corrected chi connectivity index (χ4v) is 2.12. The molecule has 3 aromatic rings. The summed E-state index contributed by atoms with van der Waals surface area (Å²) in [7, 11) is 0. The lowest BCUT2D eigenvalue weighted by Gasteiger charge is -2.03. The number of H-pyrrole nitrogens is 1. The van der Waals surface area contributed by atoms with Crippen LogP contribution in [0.1, 0.15) is 12.1 Å². The van der Waals surface area contributed by atoms with E-state index in [2.05, 4.69) is 9.97 Å². The first-order chi connectivity index (χ1) is 8.77. The summed E-state index contributed by atoms with van der Waals surface area (Å²) in [6.45, 7) is 0. The van der Waals surface area contributed by atoms with Crippen LogP contribution in [-0.2, 0) is 0 Å². The summed E-state index contributed by atoms with van der Waals surface area (Å²) in [5.41, 5.74) is 1.72. The Bertz CT molecular complexity index is 675. The number of nitrogens with zero attached hydrogens (tertiary/aromatic N) is 1. The van der Waals surface area contributed by atoms with Gasteiger partial charge in [-0.25, -0.2) is 13.8 Å². The summed E-state index contributed by atoms with van der Waals surface area (Å²) in [6, 6.07) is 12.7. The SMILES string of the molecule is FC(F)c1[nH]c2ncccc2c1-c1ccccc1. The van der Waals surface area contributed by atoms with Crippen LogP contribution in [-0.4, -0.2) is 9.97 Å². The van der Waals surface area contributed by atoms with Crippen molar-refractivity contribution >= 4 is 11.0 Å². The van der Waals surface area contributed by atoms with E-state index in [0.29, 0.717) is 11.2 Å². The Balaban J connectivity index is 2.35. The lowest BCUT2D eigenvalue weighted by Crippen LogP contribution is -1.87. The van der Waals surface area contributed by atoms with Gasteiger partial charge < -0.3 is 4.98 Å². The Hall–Kier alpha value is -2.23. The number of hydrogen-bond acceptors (Lipinski definition) is 1. The van der Waals surface area contributed by atoms with Crippen LogP contribution in [0.3, 0.4) is 0 Å². The summed E-state index contributed by atoms with van der Waals surface area (Å²) >= 11 is 0. The average Bonchev–Trinajstić information content (AvgIpc) is 2.79. The molecule has 0 radical (unpaired) electrons. The molecule has 4 heteroatoms. The predicted octanol–water partition coefficient (Wildman–Crippen LogP) is 4.17. The molecule has 2 aromatic heterocycles. The second-order valence-corrected chi connectivity index (χ2v) is 3.98. The van der Waals surface area contributed by atoms with E-state index >= 15 is 0 Å². The highest BCUT2D eigenvalue weighted by Crippen LogP contribution is 2.36. The second-order valence-electron chi connectivity index (χ2n) is 3.98. The van der Waals surface area contributed by atoms with Gasteiger partial charge in [-0.2, -0.15) is 0 Å². The van der Waals surface area contributed by atoms with Crippen molar-refractivity contribution in [1.82, 2.24) is 9.97 Å². The summed E-state index contributed by atoms with van der Waals surface area (Å²) in [6.07, 6.45) is -0.961. The molecule has 0 atom stereocenters. The molecule has 90 valence electrons. The number of alkyl halides is 2. The number of nitrogens with one attached hydrogen (secondary N) is 1. The van der Waals surface area contributed by atoms with Crippen LogP contribution in [0.2, 0.25) is 0 Å². The van der Waals surface area contributed by atoms with Crippen LogP contribution < -0.4 is 0 Å². The van der Waals surface area contributed by atoms with Gasteiger partial charge >= 0.3 is 0 Å². The minimum absolute atomic E-state index is 0.0742. The summed E-state index contributed by atoms with van der Waals surface area (Å²) in [4.78, 5) is 6.78. The van der Waals surface area contributed by atoms with Crippen LogP contribution in [0.5, 0.6) is 0 Å². The zero-order valence-corrected chi connectivity index (χ0v) is 9.40. The fourth-order valence-electron chi connectivity index (χ4n) is 2.12. The third-order valence-corrected chi connectivity index (χ3v) is 2.88. The van der Waals surface area contributed by atoms with E-state index in [1.165, 1.54) is 0 Å². The Labute approximate surface area is 102 Å². The average molecular weight is 244 g/mol. The van der Waals surface area contributed by atoms with Crippen molar-refractivity contribution in [3.8, 4) is 11.1 Å². The second kappa shape index (κ2) is 4.22. The van der Waals surface area contributed by atoms with Gasteiger partial charge in [0.2, 0.25) is 0 Å². The molecule has 2 nitrogen and oxygen atoms in total. The molecule has 0 aliphatic rings.